The van der Waals surface area contributed by atoms with Crippen molar-refractivity contribution in [3.63, 3.8) is 0 Å². The minimum atomic E-state index is -0.481. The Morgan fingerprint density at radius 2 is 2.14 bits per heavy atom. The molecule has 2 atom stereocenters. The molecule has 1 aromatic carbocycles. The Kier molecular flexibility index (Phi) is 3.14. The highest BCUT2D eigenvalue weighted by Crippen LogP contribution is 2.55. The van der Waals surface area contributed by atoms with Crippen LogP contribution in [0.2, 0.25) is 0 Å². The van der Waals surface area contributed by atoms with Crippen LogP contribution in [0.25, 0.3) is 0 Å². The number of ether oxygens (including phenoxy) is 1. The maximum Gasteiger partial charge on any atom is 0.308 e. The highest BCUT2D eigenvalue weighted by Gasteiger charge is 2.54. The van der Waals surface area contributed by atoms with Crippen LogP contribution in [0.4, 0.5) is 11.4 Å². The van der Waals surface area contributed by atoms with E-state index < -0.39 is 10.9 Å². The van der Waals surface area contributed by atoms with E-state index >= 15 is 0 Å². The molecule has 2 heterocycles. The number of rotatable bonds is 2. The number of nitro groups is 1. The Hall–Kier alpha value is -2.15. The summed E-state index contributed by atoms with van der Waals surface area (Å²) in [6.45, 7) is 4.33. The first-order valence-corrected chi connectivity index (χ1v) is 7.20. The summed E-state index contributed by atoms with van der Waals surface area (Å²) in [5, 5.41) is 11.5. The lowest BCUT2D eigenvalue weighted by Gasteiger charge is -2.32. The lowest BCUT2D eigenvalue weighted by Crippen LogP contribution is -2.45. The largest absolute Gasteiger partial charge is 0.426 e. The lowest BCUT2D eigenvalue weighted by molar-refractivity contribution is -0.384. The van der Waals surface area contributed by atoms with E-state index in [9.17, 15) is 14.9 Å². The van der Waals surface area contributed by atoms with E-state index in [4.69, 9.17) is 4.74 Å². The Morgan fingerprint density at radius 3 is 2.73 bits per heavy atom. The van der Waals surface area contributed by atoms with Gasteiger partial charge in [-0.2, -0.15) is 0 Å². The van der Waals surface area contributed by atoms with Crippen LogP contribution in [0.5, 0.6) is 5.75 Å². The molecule has 2 aliphatic rings. The number of likely N-dealkylation sites (tertiary alicyclic amines) is 1. The standard InChI is InChI=1S/C15H19N3O4/c1-9(19)22-10-7-11-13(12(8-10)18(20)21)17(4)14-15(11,2)5-6-16(14)3/h7-8,14H,5-6H2,1-4H3. The number of anilines is 1. The SMILES string of the molecule is CC(=O)Oc1cc([N+](=O)[O-])c2c(c1)C1(C)CCN(C)C1N2C. The highest BCUT2D eigenvalue weighted by molar-refractivity contribution is 5.78. The Balaban J connectivity index is 2.22. The summed E-state index contributed by atoms with van der Waals surface area (Å²) in [4.78, 5) is 26.4. The van der Waals surface area contributed by atoms with Gasteiger partial charge in [0.25, 0.3) is 5.69 Å². The zero-order valence-corrected chi connectivity index (χ0v) is 13.1. The number of nitrogens with zero attached hydrogens (tertiary/aromatic N) is 3. The second-order valence-electron chi connectivity index (χ2n) is 6.32. The molecule has 7 heteroatoms. The van der Waals surface area contributed by atoms with Gasteiger partial charge in [0.2, 0.25) is 0 Å². The van der Waals surface area contributed by atoms with E-state index in [1.807, 2.05) is 19.0 Å². The number of carbonyl (C=O) groups excluding carboxylic acids is 1. The predicted molar refractivity (Wildman–Crippen MR) is 81.2 cm³/mol. The van der Waals surface area contributed by atoms with Gasteiger partial charge in [-0.05, 0) is 25.1 Å². The van der Waals surface area contributed by atoms with Gasteiger partial charge in [-0.25, -0.2) is 0 Å². The average molecular weight is 305 g/mol. The summed E-state index contributed by atoms with van der Waals surface area (Å²) in [6.07, 6.45) is 0.986. The molecule has 2 aliphatic heterocycles. The topological polar surface area (TPSA) is 75.9 Å². The van der Waals surface area contributed by atoms with Crippen molar-refractivity contribution < 1.29 is 14.5 Å². The van der Waals surface area contributed by atoms with E-state index in [0.717, 1.165) is 18.5 Å². The molecule has 1 saturated heterocycles. The molecule has 1 aromatic rings. The molecule has 0 radical (unpaired) electrons. The quantitative estimate of drug-likeness (QED) is 0.359. The van der Waals surface area contributed by atoms with E-state index in [1.165, 1.54) is 13.0 Å². The maximum atomic E-state index is 11.5. The third kappa shape index (κ3) is 1.89. The van der Waals surface area contributed by atoms with Crippen molar-refractivity contribution in [3.8, 4) is 5.75 Å². The van der Waals surface area contributed by atoms with Gasteiger partial charge in [0.15, 0.2) is 0 Å². The summed E-state index contributed by atoms with van der Waals surface area (Å²) < 4.78 is 5.11. The first-order valence-electron chi connectivity index (χ1n) is 7.20. The van der Waals surface area contributed by atoms with Crippen molar-refractivity contribution in [3.05, 3.63) is 27.8 Å². The molecule has 118 valence electrons. The van der Waals surface area contributed by atoms with Gasteiger partial charge in [0, 0.05) is 25.9 Å². The molecule has 1 fully saturated rings. The molecule has 0 amide bonds. The fraction of sp³-hybridized carbons (Fsp3) is 0.533. The van der Waals surface area contributed by atoms with Crippen molar-refractivity contribution >= 4 is 17.3 Å². The van der Waals surface area contributed by atoms with Crippen LogP contribution >= 0.6 is 0 Å². The van der Waals surface area contributed by atoms with Gasteiger partial charge in [-0.15, -0.1) is 0 Å². The molecule has 0 bridgehead atoms. The number of carbonyl (C=O) groups is 1. The zero-order chi connectivity index (χ0) is 16.2. The van der Waals surface area contributed by atoms with Crippen LogP contribution < -0.4 is 9.64 Å². The third-order valence-corrected chi connectivity index (χ3v) is 4.83. The minimum absolute atomic E-state index is 0.0136. The van der Waals surface area contributed by atoms with E-state index in [1.54, 1.807) is 6.07 Å². The van der Waals surface area contributed by atoms with Crippen LogP contribution in [0.15, 0.2) is 12.1 Å². The third-order valence-electron chi connectivity index (χ3n) is 4.83. The number of benzene rings is 1. The van der Waals surface area contributed by atoms with Crippen molar-refractivity contribution in [1.29, 1.82) is 0 Å². The molecule has 0 N–H and O–H groups in total. The number of hydrogen-bond donors (Lipinski definition) is 0. The van der Waals surface area contributed by atoms with Crippen molar-refractivity contribution in [2.24, 2.45) is 0 Å². The van der Waals surface area contributed by atoms with Gasteiger partial charge in [-0.3, -0.25) is 19.8 Å². The number of esters is 1. The lowest BCUT2D eigenvalue weighted by atomic mass is 9.81. The molecule has 0 saturated carbocycles. The number of hydrogen-bond acceptors (Lipinski definition) is 6. The van der Waals surface area contributed by atoms with Crippen LogP contribution in [0.3, 0.4) is 0 Å². The Bertz CT molecular complexity index is 675. The molecule has 3 rings (SSSR count). The second-order valence-corrected chi connectivity index (χ2v) is 6.32. The normalized spacial score (nSPS) is 26.7. The predicted octanol–water partition coefficient (Wildman–Crippen LogP) is 1.89. The summed E-state index contributed by atoms with van der Waals surface area (Å²) in [5.74, 6) is -0.242. The molecule has 0 aromatic heterocycles. The molecule has 22 heavy (non-hydrogen) atoms. The Labute approximate surface area is 128 Å². The average Bonchev–Trinajstić information content (AvgIpc) is 2.83. The van der Waals surface area contributed by atoms with Crippen molar-refractivity contribution in [2.45, 2.75) is 31.8 Å². The van der Waals surface area contributed by atoms with Crippen LogP contribution in [-0.2, 0) is 10.2 Å². The molecular formula is C15H19N3O4. The maximum absolute atomic E-state index is 11.5. The Morgan fingerprint density at radius 1 is 1.45 bits per heavy atom. The van der Waals surface area contributed by atoms with Crippen LogP contribution in [0, 0.1) is 10.1 Å². The second kappa shape index (κ2) is 4.67. The summed E-state index contributed by atoms with van der Waals surface area (Å²) in [7, 11) is 3.91. The first kappa shape index (κ1) is 14.8. The molecular weight excluding hydrogens is 286 g/mol. The smallest absolute Gasteiger partial charge is 0.308 e. The summed E-state index contributed by atoms with van der Waals surface area (Å²) in [6, 6.07) is 3.11. The van der Waals surface area contributed by atoms with Gasteiger partial charge in [0.05, 0.1) is 17.2 Å². The van der Waals surface area contributed by atoms with Gasteiger partial charge in [-0.1, -0.05) is 6.92 Å². The molecule has 0 aliphatic carbocycles. The van der Waals surface area contributed by atoms with Crippen LogP contribution in [0.1, 0.15) is 25.8 Å². The highest BCUT2D eigenvalue weighted by atomic mass is 16.6. The number of fused-ring (bicyclic) bond motifs is 3. The number of nitro benzene ring substituents is 1. The van der Waals surface area contributed by atoms with Crippen molar-refractivity contribution in [1.82, 2.24) is 4.90 Å². The summed E-state index contributed by atoms with van der Waals surface area (Å²) in [5.41, 5.74) is 1.29. The van der Waals surface area contributed by atoms with Crippen molar-refractivity contribution in [2.75, 3.05) is 25.5 Å². The first-order chi connectivity index (χ1) is 10.3. The van der Waals surface area contributed by atoms with Gasteiger partial charge < -0.3 is 9.64 Å². The van der Waals surface area contributed by atoms with E-state index in [-0.39, 0.29) is 23.0 Å². The minimum Gasteiger partial charge on any atom is -0.426 e. The van der Waals surface area contributed by atoms with E-state index in [2.05, 4.69) is 11.8 Å². The fourth-order valence-electron chi connectivity index (χ4n) is 4.03. The monoisotopic (exact) mass is 305 g/mol. The van der Waals surface area contributed by atoms with Crippen LogP contribution in [-0.4, -0.2) is 42.6 Å². The fourth-order valence-corrected chi connectivity index (χ4v) is 4.03. The van der Waals surface area contributed by atoms with E-state index in [0.29, 0.717) is 5.69 Å². The summed E-state index contributed by atoms with van der Waals surface area (Å²) >= 11 is 0. The van der Waals surface area contributed by atoms with Gasteiger partial charge >= 0.3 is 5.97 Å². The molecule has 2 unspecified atom stereocenters. The zero-order valence-electron chi connectivity index (χ0n) is 13.1. The molecule has 0 spiro atoms. The molecule has 7 nitrogen and oxygen atoms in total. The van der Waals surface area contributed by atoms with Gasteiger partial charge in [0.1, 0.15) is 11.4 Å². The number of likely N-dealkylation sites (N-methyl/N-ethyl adjacent to an activating group) is 2.